The quantitative estimate of drug-likeness (QED) is 0.888. The molecule has 1 saturated carbocycles. The van der Waals surface area contributed by atoms with Crippen molar-refractivity contribution in [1.29, 1.82) is 0 Å². The number of sulfonamides is 1. The first-order valence-corrected chi connectivity index (χ1v) is 7.54. The first-order chi connectivity index (χ1) is 8.90. The Morgan fingerprint density at radius 3 is 2.47 bits per heavy atom. The van der Waals surface area contributed by atoms with Crippen LogP contribution < -0.4 is 4.72 Å². The molecular formula is C12H15F2NO3S. The van der Waals surface area contributed by atoms with Crippen LogP contribution in [0.1, 0.15) is 25.7 Å². The highest BCUT2D eigenvalue weighted by Gasteiger charge is 2.28. The maximum atomic E-state index is 13.0. The molecule has 4 nitrogen and oxygen atoms in total. The molecular weight excluding hydrogens is 276 g/mol. The first-order valence-electron chi connectivity index (χ1n) is 6.05. The van der Waals surface area contributed by atoms with Gasteiger partial charge in [0.15, 0.2) is 11.6 Å². The highest BCUT2D eigenvalue weighted by Crippen LogP contribution is 2.21. The first kappa shape index (κ1) is 14.4. The maximum absolute atomic E-state index is 13.0. The van der Waals surface area contributed by atoms with Crippen molar-refractivity contribution in [2.45, 2.75) is 42.7 Å². The Bertz CT molecular complexity index is 562. The van der Waals surface area contributed by atoms with Crippen LogP contribution in [-0.4, -0.2) is 25.7 Å². The van der Waals surface area contributed by atoms with Gasteiger partial charge in [0.05, 0.1) is 11.0 Å². The Balaban J connectivity index is 2.19. The van der Waals surface area contributed by atoms with Crippen LogP contribution in [0.3, 0.4) is 0 Å². The molecule has 0 heterocycles. The molecule has 0 aliphatic heterocycles. The number of benzene rings is 1. The van der Waals surface area contributed by atoms with E-state index in [2.05, 4.69) is 4.72 Å². The molecule has 0 radical (unpaired) electrons. The molecule has 1 aromatic carbocycles. The van der Waals surface area contributed by atoms with Crippen LogP contribution in [0.25, 0.3) is 0 Å². The van der Waals surface area contributed by atoms with E-state index in [1.165, 1.54) is 0 Å². The van der Waals surface area contributed by atoms with Gasteiger partial charge in [0.2, 0.25) is 10.0 Å². The Hall–Kier alpha value is -1.05. The summed E-state index contributed by atoms with van der Waals surface area (Å²) in [5, 5.41) is 9.72. The summed E-state index contributed by atoms with van der Waals surface area (Å²) in [7, 11) is -3.95. The summed E-state index contributed by atoms with van der Waals surface area (Å²) < 4.78 is 52.2. The molecule has 2 rings (SSSR count). The Kier molecular flexibility index (Phi) is 4.17. The van der Waals surface area contributed by atoms with Crippen molar-refractivity contribution in [2.75, 3.05) is 0 Å². The van der Waals surface area contributed by atoms with E-state index in [1.54, 1.807) is 0 Å². The van der Waals surface area contributed by atoms with Crippen molar-refractivity contribution >= 4 is 10.0 Å². The van der Waals surface area contributed by atoms with E-state index in [0.29, 0.717) is 18.9 Å². The second-order valence-corrected chi connectivity index (χ2v) is 6.37. The Morgan fingerprint density at radius 2 is 1.84 bits per heavy atom. The fraction of sp³-hybridized carbons (Fsp3) is 0.500. The monoisotopic (exact) mass is 291 g/mol. The Morgan fingerprint density at radius 1 is 1.16 bits per heavy atom. The second kappa shape index (κ2) is 5.52. The van der Waals surface area contributed by atoms with Gasteiger partial charge in [0.25, 0.3) is 0 Å². The van der Waals surface area contributed by atoms with Gasteiger partial charge in [0.1, 0.15) is 0 Å². The van der Waals surface area contributed by atoms with E-state index in [1.807, 2.05) is 0 Å². The molecule has 19 heavy (non-hydrogen) atoms. The van der Waals surface area contributed by atoms with Crippen LogP contribution in [0.2, 0.25) is 0 Å². The Labute approximate surface area is 110 Å². The molecule has 2 unspecified atom stereocenters. The summed E-state index contributed by atoms with van der Waals surface area (Å²) in [5.74, 6) is -2.32. The van der Waals surface area contributed by atoms with Crippen molar-refractivity contribution in [2.24, 2.45) is 0 Å². The minimum absolute atomic E-state index is 0.343. The van der Waals surface area contributed by atoms with Gasteiger partial charge >= 0.3 is 0 Å². The van der Waals surface area contributed by atoms with E-state index in [-0.39, 0.29) is 4.90 Å². The molecule has 7 heteroatoms. The van der Waals surface area contributed by atoms with E-state index < -0.39 is 33.8 Å². The molecule has 106 valence electrons. The van der Waals surface area contributed by atoms with Crippen molar-refractivity contribution < 1.29 is 22.3 Å². The summed E-state index contributed by atoms with van der Waals surface area (Å²) >= 11 is 0. The van der Waals surface area contributed by atoms with Crippen LogP contribution >= 0.6 is 0 Å². The average molecular weight is 291 g/mol. The lowest BCUT2D eigenvalue weighted by atomic mass is 9.93. The van der Waals surface area contributed by atoms with Crippen LogP contribution in [0.15, 0.2) is 23.1 Å². The predicted molar refractivity (Wildman–Crippen MR) is 64.9 cm³/mol. The molecule has 0 saturated heterocycles. The SMILES string of the molecule is O=S(=O)(NC1CCCCC1O)c1ccc(F)c(F)c1. The lowest BCUT2D eigenvalue weighted by Crippen LogP contribution is -2.44. The number of halogens is 2. The third kappa shape index (κ3) is 3.29. The molecule has 1 aromatic rings. The van der Waals surface area contributed by atoms with Gasteiger partial charge in [-0.2, -0.15) is 0 Å². The minimum atomic E-state index is -3.95. The van der Waals surface area contributed by atoms with Gasteiger partial charge in [-0.15, -0.1) is 0 Å². The average Bonchev–Trinajstić information content (AvgIpc) is 2.35. The third-order valence-corrected chi connectivity index (χ3v) is 4.72. The van der Waals surface area contributed by atoms with E-state index in [4.69, 9.17) is 0 Å². The summed E-state index contributed by atoms with van der Waals surface area (Å²) in [5.41, 5.74) is 0. The van der Waals surface area contributed by atoms with Crippen LogP contribution in [0, 0.1) is 11.6 Å². The molecule has 1 aliphatic rings. The van der Waals surface area contributed by atoms with Crippen molar-refractivity contribution in [3.05, 3.63) is 29.8 Å². The van der Waals surface area contributed by atoms with Gasteiger partial charge in [-0.3, -0.25) is 0 Å². The third-order valence-electron chi connectivity index (χ3n) is 3.24. The number of hydrogen-bond donors (Lipinski definition) is 2. The van der Waals surface area contributed by atoms with Gasteiger partial charge in [-0.05, 0) is 31.0 Å². The van der Waals surface area contributed by atoms with Gasteiger partial charge in [0, 0.05) is 6.04 Å². The van der Waals surface area contributed by atoms with Gasteiger partial charge in [-0.1, -0.05) is 12.8 Å². The molecule has 0 spiro atoms. The minimum Gasteiger partial charge on any atom is -0.391 e. The molecule has 0 amide bonds. The highest BCUT2D eigenvalue weighted by molar-refractivity contribution is 7.89. The zero-order chi connectivity index (χ0) is 14.0. The number of nitrogens with one attached hydrogen (secondary N) is 1. The summed E-state index contributed by atoms with van der Waals surface area (Å²) in [6, 6.07) is 1.82. The predicted octanol–water partition coefficient (Wildman–Crippen LogP) is 1.55. The molecule has 2 atom stereocenters. The van der Waals surface area contributed by atoms with Crippen LogP contribution in [0.4, 0.5) is 8.78 Å². The summed E-state index contributed by atoms with van der Waals surface area (Å²) in [4.78, 5) is -0.343. The fourth-order valence-electron chi connectivity index (χ4n) is 2.16. The van der Waals surface area contributed by atoms with E-state index in [0.717, 1.165) is 25.0 Å². The topological polar surface area (TPSA) is 66.4 Å². The number of aliphatic hydroxyl groups is 1. The highest BCUT2D eigenvalue weighted by atomic mass is 32.2. The standard InChI is InChI=1S/C12H15F2NO3S/c13-9-6-5-8(7-10(9)14)19(17,18)15-11-3-1-2-4-12(11)16/h5-7,11-12,15-16H,1-4H2. The number of aliphatic hydroxyl groups excluding tert-OH is 1. The smallest absolute Gasteiger partial charge is 0.241 e. The summed E-state index contributed by atoms with van der Waals surface area (Å²) in [6.45, 7) is 0. The van der Waals surface area contributed by atoms with Crippen molar-refractivity contribution in [1.82, 2.24) is 4.72 Å². The molecule has 1 aliphatic carbocycles. The van der Waals surface area contributed by atoms with Gasteiger partial charge < -0.3 is 5.11 Å². The summed E-state index contributed by atoms with van der Waals surface area (Å²) in [6.07, 6.45) is 2.00. The van der Waals surface area contributed by atoms with E-state index >= 15 is 0 Å². The lowest BCUT2D eigenvalue weighted by Gasteiger charge is -2.28. The number of hydrogen-bond acceptors (Lipinski definition) is 3. The largest absolute Gasteiger partial charge is 0.391 e. The maximum Gasteiger partial charge on any atom is 0.241 e. The van der Waals surface area contributed by atoms with Crippen LogP contribution in [0.5, 0.6) is 0 Å². The zero-order valence-corrected chi connectivity index (χ0v) is 11.0. The van der Waals surface area contributed by atoms with Gasteiger partial charge in [-0.25, -0.2) is 21.9 Å². The molecule has 2 N–H and O–H groups in total. The molecule has 1 fully saturated rings. The normalized spacial score (nSPS) is 24.4. The van der Waals surface area contributed by atoms with E-state index in [9.17, 15) is 22.3 Å². The second-order valence-electron chi connectivity index (χ2n) is 4.66. The zero-order valence-electron chi connectivity index (χ0n) is 10.1. The molecule has 0 aromatic heterocycles. The number of rotatable bonds is 3. The van der Waals surface area contributed by atoms with Crippen LogP contribution in [-0.2, 0) is 10.0 Å². The lowest BCUT2D eigenvalue weighted by molar-refractivity contribution is 0.101. The van der Waals surface area contributed by atoms with Crippen molar-refractivity contribution in [3.63, 3.8) is 0 Å². The fourth-order valence-corrected chi connectivity index (χ4v) is 3.48. The molecule has 0 bridgehead atoms. The van der Waals surface area contributed by atoms with Crippen molar-refractivity contribution in [3.8, 4) is 0 Å².